The second-order valence-electron chi connectivity index (χ2n) is 9.30. The first kappa shape index (κ1) is 23.4. The molecule has 0 saturated heterocycles. The maximum atomic E-state index is 13.1. The summed E-state index contributed by atoms with van der Waals surface area (Å²) in [5.74, 6) is 1.61. The van der Waals surface area contributed by atoms with Crippen LogP contribution in [-0.2, 0) is 33.2 Å². The summed E-state index contributed by atoms with van der Waals surface area (Å²) in [5.41, 5.74) is 4.07. The van der Waals surface area contributed by atoms with Crippen molar-refractivity contribution in [2.24, 2.45) is 14.1 Å². The van der Waals surface area contributed by atoms with E-state index in [4.69, 9.17) is 9.84 Å². The maximum absolute atomic E-state index is 13.1. The highest BCUT2D eigenvalue weighted by Crippen LogP contribution is 2.46. The zero-order chi connectivity index (χ0) is 25.9. The van der Waals surface area contributed by atoms with Gasteiger partial charge in [0.2, 0.25) is 5.88 Å². The van der Waals surface area contributed by atoms with E-state index in [9.17, 15) is 13.2 Å². The Morgan fingerprint density at radius 2 is 1.86 bits per heavy atom. The Labute approximate surface area is 210 Å². The molecule has 37 heavy (non-hydrogen) atoms. The number of hydrogen-bond donors (Lipinski definition) is 0. The number of ether oxygens (including phenoxy) is 1. The molecule has 1 saturated carbocycles. The van der Waals surface area contributed by atoms with Crippen LogP contribution < -0.4 is 9.64 Å². The highest BCUT2D eigenvalue weighted by molar-refractivity contribution is 5.73. The SMILES string of the molecule is COc1ncnc(C2CC2)c1-c1nn(C)c2c1CN(c1cnc(-c3nc(C(F)(F)F)cn3C)cn1)CC2. The van der Waals surface area contributed by atoms with Gasteiger partial charge in [-0.3, -0.25) is 4.68 Å². The van der Waals surface area contributed by atoms with E-state index >= 15 is 0 Å². The van der Waals surface area contributed by atoms with Crippen LogP contribution in [-0.4, -0.2) is 52.9 Å². The van der Waals surface area contributed by atoms with Crippen LogP contribution in [0.1, 0.15) is 41.4 Å². The molecule has 5 heterocycles. The molecule has 1 fully saturated rings. The Morgan fingerprint density at radius 3 is 2.51 bits per heavy atom. The number of halogens is 3. The average molecular weight is 512 g/mol. The van der Waals surface area contributed by atoms with E-state index in [0.29, 0.717) is 30.7 Å². The molecule has 0 aromatic carbocycles. The first-order valence-electron chi connectivity index (χ1n) is 11.9. The third-order valence-electron chi connectivity index (χ3n) is 6.84. The molecule has 1 aliphatic carbocycles. The Kier molecular flexibility index (Phi) is 5.39. The third-order valence-corrected chi connectivity index (χ3v) is 6.84. The molecule has 0 atom stereocenters. The monoisotopic (exact) mass is 511 g/mol. The van der Waals surface area contributed by atoms with Crippen molar-refractivity contribution >= 4 is 5.82 Å². The van der Waals surface area contributed by atoms with Crippen molar-refractivity contribution in [1.29, 1.82) is 0 Å². The number of alkyl halides is 3. The zero-order valence-electron chi connectivity index (χ0n) is 20.5. The van der Waals surface area contributed by atoms with E-state index < -0.39 is 11.9 Å². The van der Waals surface area contributed by atoms with Crippen molar-refractivity contribution in [2.45, 2.75) is 37.9 Å². The molecular weight excluding hydrogens is 487 g/mol. The number of hydrogen-bond acceptors (Lipinski definition) is 8. The lowest BCUT2D eigenvalue weighted by molar-refractivity contribution is -0.140. The fourth-order valence-electron chi connectivity index (χ4n) is 4.86. The van der Waals surface area contributed by atoms with Gasteiger partial charge in [-0.15, -0.1) is 0 Å². The molecule has 10 nitrogen and oxygen atoms in total. The summed E-state index contributed by atoms with van der Waals surface area (Å²) < 4.78 is 48.0. The Morgan fingerprint density at radius 1 is 1.05 bits per heavy atom. The van der Waals surface area contributed by atoms with E-state index in [2.05, 4.69) is 29.8 Å². The number of rotatable bonds is 5. The van der Waals surface area contributed by atoms with Crippen molar-refractivity contribution in [3.63, 3.8) is 0 Å². The molecule has 192 valence electrons. The Hall–Kier alpha value is -4.03. The fraction of sp³-hybridized carbons (Fsp3) is 0.417. The Balaban J connectivity index is 1.32. The number of aryl methyl sites for hydroxylation is 2. The van der Waals surface area contributed by atoms with E-state index in [-0.39, 0.29) is 11.5 Å². The molecule has 0 bridgehead atoms. The van der Waals surface area contributed by atoms with Crippen LogP contribution in [0.25, 0.3) is 22.8 Å². The predicted molar refractivity (Wildman–Crippen MR) is 127 cm³/mol. The first-order chi connectivity index (χ1) is 17.7. The molecule has 4 aromatic rings. The lowest BCUT2D eigenvalue weighted by atomic mass is 9.99. The molecule has 1 aliphatic heterocycles. The summed E-state index contributed by atoms with van der Waals surface area (Å²) in [6, 6.07) is 0. The van der Waals surface area contributed by atoms with E-state index in [1.165, 1.54) is 24.1 Å². The lowest BCUT2D eigenvalue weighted by Gasteiger charge is -2.28. The average Bonchev–Trinajstić information content (AvgIpc) is 3.58. The van der Waals surface area contributed by atoms with Crippen LogP contribution in [0.5, 0.6) is 5.88 Å². The van der Waals surface area contributed by atoms with Gasteiger partial charge in [-0.1, -0.05) is 0 Å². The fourth-order valence-corrected chi connectivity index (χ4v) is 4.86. The molecule has 2 aliphatic rings. The molecule has 0 N–H and O–H groups in total. The van der Waals surface area contributed by atoms with E-state index in [1.54, 1.807) is 13.3 Å². The molecule has 6 rings (SSSR count). The summed E-state index contributed by atoms with van der Waals surface area (Å²) in [6.45, 7) is 1.23. The van der Waals surface area contributed by atoms with Crippen LogP contribution in [0.2, 0.25) is 0 Å². The molecule has 0 amide bonds. The van der Waals surface area contributed by atoms with Gasteiger partial charge in [0.25, 0.3) is 0 Å². The minimum Gasteiger partial charge on any atom is -0.480 e. The van der Waals surface area contributed by atoms with Crippen molar-refractivity contribution in [2.75, 3.05) is 18.6 Å². The molecule has 0 radical (unpaired) electrons. The van der Waals surface area contributed by atoms with Crippen LogP contribution in [0, 0.1) is 0 Å². The van der Waals surface area contributed by atoms with Crippen LogP contribution in [0.15, 0.2) is 24.9 Å². The smallest absolute Gasteiger partial charge is 0.434 e. The van der Waals surface area contributed by atoms with Crippen molar-refractivity contribution in [3.05, 3.63) is 47.6 Å². The summed E-state index contributed by atoms with van der Waals surface area (Å²) in [7, 11) is 5.03. The van der Waals surface area contributed by atoms with E-state index in [1.807, 2.05) is 11.7 Å². The number of fused-ring (bicyclic) bond motifs is 1. The minimum atomic E-state index is -4.53. The number of anilines is 1. The molecule has 0 spiro atoms. The zero-order valence-corrected chi connectivity index (χ0v) is 20.5. The normalized spacial score (nSPS) is 15.7. The molecular formula is C24H24F3N9O. The second kappa shape index (κ2) is 8.53. The first-order valence-corrected chi connectivity index (χ1v) is 11.9. The highest BCUT2D eigenvalue weighted by Gasteiger charge is 2.36. The van der Waals surface area contributed by atoms with Crippen molar-refractivity contribution in [1.82, 2.24) is 39.3 Å². The van der Waals surface area contributed by atoms with Crippen molar-refractivity contribution in [3.8, 4) is 28.7 Å². The number of imidazole rings is 1. The quantitative estimate of drug-likeness (QED) is 0.401. The maximum Gasteiger partial charge on any atom is 0.434 e. The van der Waals surface area contributed by atoms with Gasteiger partial charge in [0, 0.05) is 57.0 Å². The number of aromatic nitrogens is 8. The van der Waals surface area contributed by atoms with E-state index in [0.717, 1.165) is 53.7 Å². The molecule has 13 heteroatoms. The van der Waals surface area contributed by atoms with Crippen molar-refractivity contribution < 1.29 is 17.9 Å². The topological polar surface area (TPSA) is 99.7 Å². The summed E-state index contributed by atoms with van der Waals surface area (Å²) >= 11 is 0. The number of methoxy groups -OCH3 is 1. The van der Waals surface area contributed by atoms with Gasteiger partial charge in [0.15, 0.2) is 11.5 Å². The number of nitrogens with zero attached hydrogens (tertiary/aromatic N) is 9. The summed E-state index contributed by atoms with van der Waals surface area (Å²) in [5, 5.41) is 4.85. The van der Waals surface area contributed by atoms with Crippen LogP contribution in [0.4, 0.5) is 19.0 Å². The minimum absolute atomic E-state index is 0.102. The summed E-state index contributed by atoms with van der Waals surface area (Å²) in [4.78, 5) is 23.6. The second-order valence-corrected chi connectivity index (χ2v) is 9.30. The van der Waals surface area contributed by atoms with Gasteiger partial charge < -0.3 is 14.2 Å². The highest BCUT2D eigenvalue weighted by atomic mass is 19.4. The van der Waals surface area contributed by atoms with Crippen LogP contribution >= 0.6 is 0 Å². The largest absolute Gasteiger partial charge is 0.480 e. The van der Waals surface area contributed by atoms with Gasteiger partial charge in [-0.2, -0.15) is 18.3 Å². The van der Waals surface area contributed by atoms with Crippen LogP contribution in [0.3, 0.4) is 0 Å². The van der Waals surface area contributed by atoms with Gasteiger partial charge in [-0.25, -0.2) is 24.9 Å². The summed E-state index contributed by atoms with van der Waals surface area (Å²) in [6.07, 6.45) is 3.88. The van der Waals surface area contributed by atoms with Gasteiger partial charge in [0.1, 0.15) is 23.5 Å². The predicted octanol–water partition coefficient (Wildman–Crippen LogP) is 3.54. The lowest BCUT2D eigenvalue weighted by Crippen LogP contribution is -2.31. The Bertz CT molecular complexity index is 1470. The molecule has 0 unspecified atom stereocenters. The van der Waals surface area contributed by atoms with Gasteiger partial charge in [0.05, 0.1) is 30.8 Å². The third kappa shape index (κ3) is 4.07. The van der Waals surface area contributed by atoms with Gasteiger partial charge in [-0.05, 0) is 12.8 Å². The van der Waals surface area contributed by atoms with Gasteiger partial charge >= 0.3 is 6.18 Å². The molecule has 4 aromatic heterocycles. The standard InChI is InChI=1S/C24H24F3N9O/c1-34-11-17(24(25,26)27)32-22(34)15-8-29-18(9-28-15)36-7-6-16-14(10-36)21(33-35(16)2)19-20(13-4-5-13)30-12-31-23(19)37-3/h8-9,11-13H,4-7,10H2,1-3H3.